The maximum absolute atomic E-state index is 12.3. The molecule has 6 nitrogen and oxygen atoms in total. The van der Waals surface area contributed by atoms with E-state index < -0.39 is 18.0 Å². The van der Waals surface area contributed by atoms with E-state index in [0.29, 0.717) is 17.9 Å². The number of rotatable bonds is 8. The average molecular weight is 371 g/mol. The molecule has 1 N–H and O–H groups in total. The second-order valence-corrected chi connectivity index (χ2v) is 6.17. The molecule has 0 fully saturated rings. The van der Waals surface area contributed by atoms with Crippen molar-refractivity contribution in [2.75, 3.05) is 19.5 Å². The molecule has 0 aliphatic carbocycles. The maximum Gasteiger partial charge on any atom is 0.306 e. The van der Waals surface area contributed by atoms with Crippen molar-refractivity contribution < 1.29 is 23.8 Å². The molecule has 0 saturated carbocycles. The number of carbonyl (C=O) groups is 2. The molecule has 0 heterocycles. The normalized spacial score (nSPS) is 11.4. The zero-order valence-electron chi connectivity index (χ0n) is 16.1. The number of hydrogen-bond acceptors (Lipinski definition) is 5. The van der Waals surface area contributed by atoms with Crippen LogP contribution in [0.1, 0.15) is 24.5 Å². The van der Waals surface area contributed by atoms with Crippen molar-refractivity contribution in [3.05, 3.63) is 53.6 Å². The van der Waals surface area contributed by atoms with E-state index in [1.165, 1.54) is 7.11 Å². The van der Waals surface area contributed by atoms with E-state index in [0.717, 1.165) is 16.9 Å². The van der Waals surface area contributed by atoms with Gasteiger partial charge in [0.1, 0.15) is 11.5 Å². The third-order valence-corrected chi connectivity index (χ3v) is 4.07. The van der Waals surface area contributed by atoms with Gasteiger partial charge in [0, 0.05) is 6.42 Å². The van der Waals surface area contributed by atoms with Crippen LogP contribution in [0.5, 0.6) is 11.5 Å². The van der Waals surface area contributed by atoms with Gasteiger partial charge in [-0.25, -0.2) is 0 Å². The molecule has 0 radical (unpaired) electrons. The van der Waals surface area contributed by atoms with Gasteiger partial charge >= 0.3 is 5.97 Å². The fourth-order valence-corrected chi connectivity index (χ4v) is 2.50. The first kappa shape index (κ1) is 20.3. The molecule has 0 aromatic heterocycles. The number of methoxy groups -OCH3 is 2. The summed E-state index contributed by atoms with van der Waals surface area (Å²) in [6.07, 6.45) is -0.181. The Kier molecular flexibility index (Phi) is 7.23. The van der Waals surface area contributed by atoms with Crippen LogP contribution in [-0.2, 0) is 20.7 Å². The summed E-state index contributed by atoms with van der Waals surface area (Å²) in [5.74, 6) is 0.478. The van der Waals surface area contributed by atoms with Gasteiger partial charge in [0.05, 0.1) is 19.9 Å². The molecule has 144 valence electrons. The summed E-state index contributed by atoms with van der Waals surface area (Å²) in [6.45, 7) is 3.46. The molecule has 27 heavy (non-hydrogen) atoms. The smallest absolute Gasteiger partial charge is 0.306 e. The van der Waals surface area contributed by atoms with Gasteiger partial charge in [-0.3, -0.25) is 9.59 Å². The van der Waals surface area contributed by atoms with Gasteiger partial charge in [-0.15, -0.1) is 0 Å². The van der Waals surface area contributed by atoms with E-state index >= 15 is 0 Å². The average Bonchev–Trinajstić information content (AvgIpc) is 2.67. The summed E-state index contributed by atoms with van der Waals surface area (Å²) in [4.78, 5) is 24.3. The summed E-state index contributed by atoms with van der Waals surface area (Å²) in [5, 5.41) is 2.74. The van der Waals surface area contributed by atoms with E-state index in [4.69, 9.17) is 14.2 Å². The van der Waals surface area contributed by atoms with E-state index in [9.17, 15) is 9.59 Å². The molecule has 0 spiro atoms. The van der Waals surface area contributed by atoms with Crippen molar-refractivity contribution in [1.82, 2.24) is 0 Å². The van der Waals surface area contributed by atoms with Crippen molar-refractivity contribution in [3.8, 4) is 11.5 Å². The molecule has 0 aliphatic heterocycles. The van der Waals surface area contributed by atoms with Crippen LogP contribution >= 0.6 is 0 Å². The third kappa shape index (κ3) is 6.02. The van der Waals surface area contributed by atoms with E-state index in [2.05, 4.69) is 5.32 Å². The third-order valence-electron chi connectivity index (χ3n) is 4.07. The first-order chi connectivity index (χ1) is 12.9. The summed E-state index contributed by atoms with van der Waals surface area (Å²) in [6, 6.07) is 12.9. The Morgan fingerprint density at radius 3 is 2.37 bits per heavy atom. The van der Waals surface area contributed by atoms with Gasteiger partial charge in [0.15, 0.2) is 6.10 Å². The van der Waals surface area contributed by atoms with E-state index in [1.54, 1.807) is 26.2 Å². The van der Waals surface area contributed by atoms with Crippen LogP contribution in [0, 0.1) is 6.92 Å². The molecule has 0 aliphatic rings. The monoisotopic (exact) mass is 371 g/mol. The van der Waals surface area contributed by atoms with Crippen LogP contribution in [0.3, 0.4) is 0 Å². The summed E-state index contributed by atoms with van der Waals surface area (Å²) < 4.78 is 15.6. The van der Waals surface area contributed by atoms with Crippen molar-refractivity contribution >= 4 is 17.6 Å². The van der Waals surface area contributed by atoms with Gasteiger partial charge in [0.2, 0.25) is 0 Å². The summed E-state index contributed by atoms with van der Waals surface area (Å²) >= 11 is 0. The zero-order valence-corrected chi connectivity index (χ0v) is 16.1. The largest absolute Gasteiger partial charge is 0.497 e. The molecule has 2 rings (SSSR count). The fourth-order valence-electron chi connectivity index (χ4n) is 2.50. The molecular formula is C21H25NO5. The lowest BCUT2D eigenvalue weighted by molar-refractivity contribution is -0.153. The molecule has 2 aromatic rings. The number of esters is 1. The molecule has 0 bridgehead atoms. The Morgan fingerprint density at radius 1 is 1.04 bits per heavy atom. The number of ether oxygens (including phenoxy) is 3. The fraction of sp³-hybridized carbons (Fsp3) is 0.333. The van der Waals surface area contributed by atoms with Gasteiger partial charge in [-0.1, -0.05) is 18.2 Å². The van der Waals surface area contributed by atoms with Crippen LogP contribution in [0.25, 0.3) is 0 Å². The minimum Gasteiger partial charge on any atom is -0.497 e. The van der Waals surface area contributed by atoms with Gasteiger partial charge in [-0.05, 0) is 55.7 Å². The van der Waals surface area contributed by atoms with Crippen molar-refractivity contribution in [3.63, 3.8) is 0 Å². The summed E-state index contributed by atoms with van der Waals surface area (Å²) in [5.41, 5.74) is 2.52. The first-order valence-electron chi connectivity index (χ1n) is 8.71. The highest BCUT2D eigenvalue weighted by Gasteiger charge is 2.19. The minimum atomic E-state index is -0.904. The van der Waals surface area contributed by atoms with Crippen LogP contribution in [0.4, 0.5) is 5.69 Å². The number of anilines is 1. The highest BCUT2D eigenvalue weighted by atomic mass is 16.5. The van der Waals surface area contributed by atoms with Crippen molar-refractivity contribution in [1.29, 1.82) is 0 Å². The number of nitrogens with one attached hydrogen (secondary N) is 1. The summed E-state index contributed by atoms with van der Waals surface area (Å²) in [7, 11) is 3.13. The molecule has 2 aromatic carbocycles. The Balaban J connectivity index is 1.86. The van der Waals surface area contributed by atoms with Gasteiger partial charge < -0.3 is 19.5 Å². The highest BCUT2D eigenvalue weighted by molar-refractivity contribution is 5.96. The SMILES string of the molecule is COc1ccc(CCC(=O)O[C@H](C)C(=O)Nc2cc(C)ccc2OC)cc1. The lowest BCUT2D eigenvalue weighted by Gasteiger charge is -2.15. The quantitative estimate of drug-likeness (QED) is 0.719. The lowest BCUT2D eigenvalue weighted by Crippen LogP contribution is -2.30. The highest BCUT2D eigenvalue weighted by Crippen LogP contribution is 2.25. The number of amides is 1. The van der Waals surface area contributed by atoms with Gasteiger partial charge in [-0.2, -0.15) is 0 Å². The predicted molar refractivity (Wildman–Crippen MR) is 103 cm³/mol. The number of benzene rings is 2. The second kappa shape index (κ2) is 9.62. The second-order valence-electron chi connectivity index (χ2n) is 6.17. The van der Waals surface area contributed by atoms with Crippen molar-refractivity contribution in [2.24, 2.45) is 0 Å². The van der Waals surface area contributed by atoms with Crippen LogP contribution in [-0.4, -0.2) is 32.2 Å². The Morgan fingerprint density at radius 2 is 1.74 bits per heavy atom. The zero-order chi connectivity index (χ0) is 19.8. The Hall–Kier alpha value is -3.02. The molecular weight excluding hydrogens is 346 g/mol. The number of carbonyl (C=O) groups excluding carboxylic acids is 2. The molecule has 1 amide bonds. The van der Waals surface area contributed by atoms with E-state index in [-0.39, 0.29) is 6.42 Å². The van der Waals surface area contributed by atoms with Gasteiger partial charge in [0.25, 0.3) is 5.91 Å². The minimum absolute atomic E-state index is 0.192. The molecule has 0 unspecified atom stereocenters. The predicted octanol–water partition coefficient (Wildman–Crippen LogP) is 3.52. The van der Waals surface area contributed by atoms with Crippen LogP contribution in [0.2, 0.25) is 0 Å². The molecule has 6 heteroatoms. The standard InChI is InChI=1S/C21H25NO5/c1-14-5-11-19(26-4)18(13-14)22-21(24)15(2)27-20(23)12-8-16-6-9-17(25-3)10-7-16/h5-7,9-11,13,15H,8,12H2,1-4H3,(H,22,24)/t15-/m1/s1. The Labute approximate surface area is 159 Å². The first-order valence-corrected chi connectivity index (χ1v) is 8.71. The maximum atomic E-state index is 12.3. The lowest BCUT2D eigenvalue weighted by atomic mass is 10.1. The number of hydrogen-bond donors (Lipinski definition) is 1. The van der Waals surface area contributed by atoms with Crippen LogP contribution in [0.15, 0.2) is 42.5 Å². The number of aryl methyl sites for hydroxylation is 2. The molecule has 0 saturated heterocycles. The van der Waals surface area contributed by atoms with E-state index in [1.807, 2.05) is 37.3 Å². The van der Waals surface area contributed by atoms with Crippen LogP contribution < -0.4 is 14.8 Å². The molecule has 1 atom stereocenters. The Bertz CT molecular complexity index is 786. The van der Waals surface area contributed by atoms with Crippen molar-refractivity contribution in [2.45, 2.75) is 32.8 Å². The topological polar surface area (TPSA) is 73.9 Å².